The second-order valence-corrected chi connectivity index (χ2v) is 9.58. The first-order chi connectivity index (χ1) is 18.6. The zero-order chi connectivity index (χ0) is 26.1. The quantitative estimate of drug-likeness (QED) is 0.161. The molecule has 1 atom stereocenters. The Balaban J connectivity index is 0.00000308. The van der Waals surface area contributed by atoms with Crippen LogP contribution in [0.25, 0.3) is 11.0 Å². The van der Waals surface area contributed by atoms with Crippen molar-refractivity contribution in [2.24, 2.45) is 16.8 Å². The highest BCUT2D eigenvalue weighted by Crippen LogP contribution is 2.36. The molecule has 10 nitrogen and oxygen atoms in total. The van der Waals surface area contributed by atoms with Crippen LogP contribution in [0.4, 0.5) is 5.69 Å². The Morgan fingerprint density at radius 1 is 1.00 bits per heavy atom. The van der Waals surface area contributed by atoms with Gasteiger partial charge in [-0.2, -0.15) is 5.10 Å². The number of piperidine rings is 1. The van der Waals surface area contributed by atoms with Crippen molar-refractivity contribution in [2.45, 2.75) is 24.9 Å². The van der Waals surface area contributed by atoms with Gasteiger partial charge in [-0.05, 0) is 42.7 Å². The highest BCUT2D eigenvalue weighted by atomic mass is 16.6. The van der Waals surface area contributed by atoms with Crippen LogP contribution in [0.5, 0.6) is 11.5 Å². The molecule has 0 radical (unpaired) electrons. The van der Waals surface area contributed by atoms with Crippen molar-refractivity contribution in [3.05, 3.63) is 88.8 Å². The molecule has 0 aliphatic carbocycles. The van der Waals surface area contributed by atoms with Gasteiger partial charge in [-0.1, -0.05) is 42.5 Å². The van der Waals surface area contributed by atoms with Gasteiger partial charge in [0.2, 0.25) is 0 Å². The van der Waals surface area contributed by atoms with Crippen LogP contribution in [-0.2, 0) is 0 Å². The first kappa shape index (κ1) is 24.1. The molecule has 0 saturated carbocycles. The van der Waals surface area contributed by atoms with Crippen molar-refractivity contribution in [1.29, 1.82) is 0 Å². The molecule has 0 spiro atoms. The van der Waals surface area contributed by atoms with E-state index in [2.05, 4.69) is 27.1 Å². The molecule has 1 unspecified atom stereocenters. The van der Waals surface area contributed by atoms with E-state index in [-0.39, 0.29) is 19.2 Å². The Bertz CT molecular complexity index is 1510. The number of hydrogen-bond acceptors (Lipinski definition) is 7. The number of nitrogens with zero attached hydrogens (tertiary/aromatic N) is 4. The van der Waals surface area contributed by atoms with E-state index in [1.165, 1.54) is 5.01 Å². The summed E-state index contributed by atoms with van der Waals surface area (Å²) in [5, 5.41) is 5.72. The minimum atomic E-state index is -0.278. The first-order valence-electron chi connectivity index (χ1n) is 12.8. The number of ether oxygens (including phenoxy) is 2. The topological polar surface area (TPSA) is 127 Å². The van der Waals surface area contributed by atoms with Crippen LogP contribution in [0.3, 0.4) is 0 Å². The molecule has 2 aliphatic rings. The number of rotatable bonds is 5. The standard InChI is InChI=1S/C28H31N7O3.H2/c29-32-27(35(30)21-10-11-24-25(18-21)38-17-16-37-24)26(19-6-2-1-3-7-19)33-14-12-20(13-15-33)34-23-9-5-4-8-22(23)31-28(34)36;/h1-11,18,20,26H,12-17,29-30H2,(H,31,36);1H/b32-27-;. The monoisotopic (exact) mass is 515 g/mol. The second-order valence-electron chi connectivity index (χ2n) is 9.58. The van der Waals surface area contributed by atoms with Gasteiger partial charge >= 0.3 is 5.69 Å². The number of benzene rings is 3. The molecular weight excluding hydrogens is 482 g/mol. The number of hydrazine groups is 1. The molecule has 3 heterocycles. The summed E-state index contributed by atoms with van der Waals surface area (Å²) in [6.45, 7) is 2.49. The smallest absolute Gasteiger partial charge is 0.326 e. The van der Waals surface area contributed by atoms with E-state index in [0.29, 0.717) is 36.2 Å². The average molecular weight is 516 g/mol. The largest absolute Gasteiger partial charge is 0.486 e. The number of hydrogen-bond donors (Lipinski definition) is 3. The van der Waals surface area contributed by atoms with Crippen molar-refractivity contribution in [3.8, 4) is 11.5 Å². The molecule has 1 aromatic heterocycles. The fraction of sp³-hybridized carbons (Fsp3) is 0.286. The van der Waals surface area contributed by atoms with Crippen molar-refractivity contribution >= 4 is 22.6 Å². The van der Waals surface area contributed by atoms with Gasteiger partial charge in [-0.25, -0.2) is 10.6 Å². The number of H-pyrrole nitrogens is 1. The number of aromatic nitrogens is 2. The van der Waals surface area contributed by atoms with Gasteiger partial charge in [-0.15, -0.1) is 0 Å². The first-order valence-corrected chi connectivity index (χ1v) is 12.8. The minimum Gasteiger partial charge on any atom is -0.486 e. The number of amidine groups is 1. The lowest BCUT2D eigenvalue weighted by Gasteiger charge is -2.40. The number of nitrogens with two attached hydrogens (primary N) is 2. The van der Waals surface area contributed by atoms with Crippen LogP contribution in [0.2, 0.25) is 0 Å². The van der Waals surface area contributed by atoms with E-state index >= 15 is 0 Å². The summed E-state index contributed by atoms with van der Waals surface area (Å²) in [5.74, 6) is 14.5. The van der Waals surface area contributed by atoms with Gasteiger partial charge in [0.1, 0.15) is 13.2 Å². The summed E-state index contributed by atoms with van der Waals surface area (Å²) in [6.07, 6.45) is 1.61. The summed E-state index contributed by atoms with van der Waals surface area (Å²) in [6, 6.07) is 23.3. The van der Waals surface area contributed by atoms with E-state index in [1.54, 1.807) is 0 Å². The highest BCUT2D eigenvalue weighted by Gasteiger charge is 2.34. The fourth-order valence-electron chi connectivity index (χ4n) is 5.58. The molecular formula is C28H33N7O3. The third kappa shape index (κ3) is 4.37. The van der Waals surface area contributed by atoms with E-state index < -0.39 is 0 Å². The van der Waals surface area contributed by atoms with Gasteiger partial charge in [0.25, 0.3) is 0 Å². The van der Waals surface area contributed by atoms with Crippen LogP contribution in [0.1, 0.15) is 31.9 Å². The number of anilines is 1. The lowest BCUT2D eigenvalue weighted by Crippen LogP contribution is -2.49. The average Bonchev–Trinajstić information content (AvgIpc) is 3.31. The van der Waals surface area contributed by atoms with Crippen molar-refractivity contribution in [2.75, 3.05) is 31.3 Å². The second kappa shape index (κ2) is 10.2. The van der Waals surface area contributed by atoms with E-state index in [0.717, 1.165) is 42.5 Å². The van der Waals surface area contributed by atoms with Crippen LogP contribution >= 0.6 is 0 Å². The maximum Gasteiger partial charge on any atom is 0.326 e. The summed E-state index contributed by atoms with van der Waals surface area (Å²) >= 11 is 0. The Morgan fingerprint density at radius 2 is 1.71 bits per heavy atom. The predicted molar refractivity (Wildman–Crippen MR) is 149 cm³/mol. The Hall–Kier alpha value is -4.28. The van der Waals surface area contributed by atoms with Gasteiger partial charge < -0.3 is 20.3 Å². The summed E-state index contributed by atoms with van der Waals surface area (Å²) in [5.41, 5.74) is 3.46. The van der Waals surface area contributed by atoms with Crippen molar-refractivity contribution in [1.82, 2.24) is 14.5 Å². The number of para-hydroxylation sites is 2. The molecule has 38 heavy (non-hydrogen) atoms. The number of aromatic amines is 1. The van der Waals surface area contributed by atoms with E-state index in [4.69, 9.17) is 21.2 Å². The number of hydrazone groups is 1. The molecule has 10 heteroatoms. The molecule has 0 amide bonds. The fourth-order valence-corrected chi connectivity index (χ4v) is 5.58. The summed E-state index contributed by atoms with van der Waals surface area (Å²) < 4.78 is 13.3. The third-order valence-corrected chi connectivity index (χ3v) is 7.40. The van der Waals surface area contributed by atoms with Gasteiger partial charge in [0, 0.05) is 26.6 Å². The normalized spacial score (nSPS) is 17.4. The molecule has 1 saturated heterocycles. The molecule has 6 rings (SSSR count). The Kier molecular flexibility index (Phi) is 6.48. The van der Waals surface area contributed by atoms with Crippen LogP contribution < -0.4 is 31.9 Å². The maximum atomic E-state index is 12.8. The lowest BCUT2D eigenvalue weighted by molar-refractivity contribution is 0.164. The zero-order valence-corrected chi connectivity index (χ0v) is 21.0. The molecule has 2 aliphatic heterocycles. The zero-order valence-electron chi connectivity index (χ0n) is 21.0. The molecule has 1 fully saturated rings. The van der Waals surface area contributed by atoms with Crippen molar-refractivity contribution in [3.63, 3.8) is 0 Å². The molecule has 5 N–H and O–H groups in total. The van der Waals surface area contributed by atoms with Crippen LogP contribution in [0.15, 0.2) is 82.7 Å². The Morgan fingerprint density at radius 3 is 2.47 bits per heavy atom. The van der Waals surface area contributed by atoms with Crippen LogP contribution in [-0.4, -0.2) is 46.6 Å². The maximum absolute atomic E-state index is 12.8. The summed E-state index contributed by atoms with van der Waals surface area (Å²) in [7, 11) is 0. The molecule has 3 aromatic carbocycles. The van der Waals surface area contributed by atoms with E-state index in [9.17, 15) is 4.79 Å². The van der Waals surface area contributed by atoms with E-state index in [1.807, 2.05) is 65.2 Å². The molecule has 4 aromatic rings. The number of nitrogens with one attached hydrogen (secondary N) is 1. The van der Waals surface area contributed by atoms with Crippen LogP contribution in [0, 0.1) is 0 Å². The number of likely N-dealkylation sites (tertiary alicyclic amines) is 1. The Labute approximate surface area is 221 Å². The third-order valence-electron chi connectivity index (χ3n) is 7.40. The van der Waals surface area contributed by atoms with Gasteiger partial charge in [-0.3, -0.25) is 14.5 Å². The highest BCUT2D eigenvalue weighted by molar-refractivity contribution is 6.01. The number of imidazole rings is 1. The SMILES string of the molecule is N/N=C(/C(c1ccccc1)N1CCC(n2c(=O)[nH]c3ccccc32)CC1)N(N)c1ccc2c(c1)OCCO2.[HH]. The number of fused-ring (bicyclic) bond motifs is 2. The lowest BCUT2D eigenvalue weighted by atomic mass is 9.97. The summed E-state index contributed by atoms with van der Waals surface area (Å²) in [4.78, 5) is 18.1. The van der Waals surface area contributed by atoms with Gasteiger partial charge in [0.15, 0.2) is 17.3 Å². The molecule has 0 bridgehead atoms. The minimum absolute atomic E-state index is 0. The predicted octanol–water partition coefficient (Wildman–Crippen LogP) is 3.38. The van der Waals surface area contributed by atoms with Gasteiger partial charge in [0.05, 0.1) is 22.8 Å². The van der Waals surface area contributed by atoms with Crippen molar-refractivity contribution < 1.29 is 10.9 Å². The molecule has 198 valence electrons.